The number of urea groups is 1. The Hall–Kier alpha value is -7.37. The number of anilines is 7. The summed E-state index contributed by atoms with van der Waals surface area (Å²) in [5.74, 6) is 0. The van der Waals surface area contributed by atoms with Crippen LogP contribution in [0.25, 0.3) is 27.8 Å². The molecule has 7 aromatic rings. The first-order valence-corrected chi connectivity index (χ1v) is 20.6. The van der Waals surface area contributed by atoms with Crippen molar-refractivity contribution in [3.05, 3.63) is 217 Å². The van der Waals surface area contributed by atoms with Gasteiger partial charge in [-0.25, -0.2) is 4.79 Å². The zero-order valence-electron chi connectivity index (χ0n) is 34.3. The number of allylic oxidation sites excluding steroid dienone is 5. The maximum Gasteiger partial charge on any atom is 0.329 e. The molecule has 0 bridgehead atoms. The molecular weight excluding hydrogens is 733 g/mol. The Bertz CT molecular complexity index is 2730. The normalized spacial score (nSPS) is 14.3. The van der Waals surface area contributed by atoms with Crippen molar-refractivity contribution >= 4 is 51.4 Å². The van der Waals surface area contributed by atoms with Gasteiger partial charge in [0.05, 0.1) is 0 Å². The molecule has 1 heterocycles. The van der Waals surface area contributed by atoms with Crippen molar-refractivity contribution in [3.8, 4) is 22.3 Å². The Morgan fingerprint density at radius 1 is 0.617 bits per heavy atom. The Morgan fingerprint density at radius 2 is 1.15 bits per heavy atom. The SMILES string of the molecule is C=C/C(=C\C=C/C)c1ccc(N(c2ccc(N3CCN(c4ccc(Nc5ccc(-c6ccccc6)cc5)cc4)C3=O)cc2)c2ccc3c(c2)C(C)(C)c2ccccc2-3)cc1. The van der Waals surface area contributed by atoms with Crippen LogP contribution in [0.3, 0.4) is 0 Å². The molecule has 5 heteroatoms. The zero-order chi connectivity index (χ0) is 41.2. The van der Waals surface area contributed by atoms with E-state index in [1.165, 1.54) is 33.4 Å². The number of benzene rings is 7. The van der Waals surface area contributed by atoms with Gasteiger partial charge in [-0.15, -0.1) is 0 Å². The van der Waals surface area contributed by atoms with E-state index >= 15 is 0 Å². The second-order valence-electron chi connectivity index (χ2n) is 15.9. The van der Waals surface area contributed by atoms with Crippen LogP contribution in [-0.2, 0) is 5.41 Å². The van der Waals surface area contributed by atoms with E-state index in [4.69, 9.17) is 0 Å². The minimum atomic E-state index is -0.133. The summed E-state index contributed by atoms with van der Waals surface area (Å²) in [6.45, 7) is 11.9. The standard InChI is InChI=1S/C55H48N4O/c1-5-7-13-39(6-2)41-20-26-47(27-21-41)59(49-34-35-51-50-16-11-12-17-52(50)55(3,4)53(51)38-49)48-32-30-46(31-33-48)58-37-36-57(54(58)60)45-28-24-44(25-29-45)56-43-22-18-42(19-23-43)40-14-9-8-10-15-40/h5-35,38,56H,2,36-37H2,1,3-4H3/b7-5-,39-13+. The highest BCUT2D eigenvalue weighted by Crippen LogP contribution is 2.50. The molecule has 1 fully saturated rings. The van der Waals surface area contributed by atoms with Crippen molar-refractivity contribution in [1.29, 1.82) is 0 Å². The Balaban J connectivity index is 0.956. The summed E-state index contributed by atoms with van der Waals surface area (Å²) < 4.78 is 0. The zero-order valence-corrected chi connectivity index (χ0v) is 34.3. The van der Waals surface area contributed by atoms with Gasteiger partial charge in [0.25, 0.3) is 0 Å². The van der Waals surface area contributed by atoms with Crippen LogP contribution in [0.15, 0.2) is 201 Å². The van der Waals surface area contributed by atoms with Gasteiger partial charge in [0.1, 0.15) is 0 Å². The van der Waals surface area contributed by atoms with Crippen LogP contribution >= 0.6 is 0 Å². The van der Waals surface area contributed by atoms with Crippen LogP contribution in [0.2, 0.25) is 0 Å². The summed E-state index contributed by atoms with van der Waals surface area (Å²) in [6.07, 6.45) is 8.03. The van der Waals surface area contributed by atoms with E-state index in [0.717, 1.165) is 50.9 Å². The van der Waals surface area contributed by atoms with Crippen LogP contribution in [0, 0.1) is 0 Å². The van der Waals surface area contributed by atoms with Gasteiger partial charge in [-0.2, -0.15) is 0 Å². The van der Waals surface area contributed by atoms with Gasteiger partial charge in [0, 0.05) is 58.3 Å². The minimum absolute atomic E-state index is 0.0307. The summed E-state index contributed by atoms with van der Waals surface area (Å²) in [5, 5.41) is 3.50. The predicted octanol–water partition coefficient (Wildman–Crippen LogP) is 14.5. The van der Waals surface area contributed by atoms with Crippen LogP contribution in [0.4, 0.5) is 44.6 Å². The molecule has 2 amide bonds. The monoisotopic (exact) mass is 780 g/mol. The summed E-state index contributed by atoms with van der Waals surface area (Å²) in [5.41, 5.74) is 16.5. The number of rotatable bonds is 11. The first-order valence-electron chi connectivity index (χ1n) is 20.6. The van der Waals surface area contributed by atoms with Crippen LogP contribution in [0.5, 0.6) is 0 Å². The fourth-order valence-electron chi connectivity index (χ4n) is 8.63. The van der Waals surface area contributed by atoms with E-state index in [2.05, 4.69) is 176 Å². The van der Waals surface area contributed by atoms with E-state index in [-0.39, 0.29) is 11.4 Å². The molecule has 0 unspecified atom stereocenters. The van der Waals surface area contributed by atoms with E-state index in [9.17, 15) is 4.79 Å². The highest BCUT2D eigenvalue weighted by molar-refractivity contribution is 6.06. The van der Waals surface area contributed by atoms with Gasteiger partial charge in [-0.3, -0.25) is 9.80 Å². The van der Waals surface area contributed by atoms with Crippen LogP contribution in [0.1, 0.15) is 37.5 Å². The largest absolute Gasteiger partial charge is 0.356 e. The summed E-state index contributed by atoms with van der Waals surface area (Å²) in [4.78, 5) is 20.0. The molecule has 1 aliphatic carbocycles. The average molecular weight is 781 g/mol. The Labute approximate surface area is 353 Å². The highest BCUT2D eigenvalue weighted by atomic mass is 16.2. The number of hydrogen-bond acceptors (Lipinski definition) is 3. The third-order valence-corrected chi connectivity index (χ3v) is 11.9. The van der Waals surface area contributed by atoms with E-state index in [1.807, 2.05) is 65.3 Å². The molecule has 0 atom stereocenters. The van der Waals surface area contributed by atoms with Gasteiger partial charge in [-0.05, 0) is 136 Å². The highest BCUT2D eigenvalue weighted by Gasteiger charge is 2.36. The molecule has 0 saturated carbocycles. The van der Waals surface area contributed by atoms with Crippen molar-refractivity contribution in [2.75, 3.05) is 33.1 Å². The molecule has 5 nitrogen and oxygen atoms in total. The molecule has 0 radical (unpaired) electrons. The second-order valence-corrected chi connectivity index (χ2v) is 15.9. The smallest absolute Gasteiger partial charge is 0.329 e. The number of amides is 2. The quantitative estimate of drug-likeness (QED) is 0.133. The molecule has 9 rings (SSSR count). The van der Waals surface area contributed by atoms with Crippen molar-refractivity contribution in [2.24, 2.45) is 0 Å². The predicted molar refractivity (Wildman–Crippen MR) is 253 cm³/mol. The molecule has 1 aliphatic heterocycles. The average Bonchev–Trinajstić information content (AvgIpc) is 3.79. The maximum absolute atomic E-state index is 13.9. The van der Waals surface area contributed by atoms with Crippen molar-refractivity contribution < 1.29 is 4.79 Å². The fourth-order valence-corrected chi connectivity index (χ4v) is 8.63. The summed E-state index contributed by atoms with van der Waals surface area (Å²) in [7, 11) is 0. The molecule has 1 N–H and O–H groups in total. The van der Waals surface area contributed by atoms with Gasteiger partial charge < -0.3 is 10.2 Å². The van der Waals surface area contributed by atoms with Gasteiger partial charge in [0.15, 0.2) is 0 Å². The Morgan fingerprint density at radius 3 is 1.78 bits per heavy atom. The van der Waals surface area contributed by atoms with E-state index < -0.39 is 0 Å². The number of nitrogens with one attached hydrogen (secondary N) is 1. The van der Waals surface area contributed by atoms with E-state index in [0.29, 0.717) is 13.1 Å². The Kier molecular flexibility index (Phi) is 10.2. The van der Waals surface area contributed by atoms with E-state index in [1.54, 1.807) is 0 Å². The van der Waals surface area contributed by atoms with Gasteiger partial charge in [0.2, 0.25) is 0 Å². The number of hydrogen-bond donors (Lipinski definition) is 1. The first kappa shape index (κ1) is 38.2. The van der Waals surface area contributed by atoms with Gasteiger partial charge in [-0.1, -0.05) is 130 Å². The third kappa shape index (κ3) is 7.20. The molecule has 7 aromatic carbocycles. The molecule has 60 heavy (non-hydrogen) atoms. The lowest BCUT2D eigenvalue weighted by Crippen LogP contribution is -2.31. The molecular formula is C55H48N4O. The lowest BCUT2D eigenvalue weighted by Gasteiger charge is -2.28. The first-order chi connectivity index (χ1) is 29.3. The lowest BCUT2D eigenvalue weighted by atomic mass is 9.82. The van der Waals surface area contributed by atoms with Crippen LogP contribution in [-0.4, -0.2) is 19.1 Å². The van der Waals surface area contributed by atoms with Crippen molar-refractivity contribution in [3.63, 3.8) is 0 Å². The molecule has 1 saturated heterocycles. The number of fused-ring (bicyclic) bond motifs is 3. The minimum Gasteiger partial charge on any atom is -0.356 e. The van der Waals surface area contributed by atoms with Gasteiger partial charge >= 0.3 is 6.03 Å². The van der Waals surface area contributed by atoms with Crippen LogP contribution < -0.4 is 20.0 Å². The lowest BCUT2D eigenvalue weighted by molar-refractivity contribution is 0.256. The topological polar surface area (TPSA) is 38.8 Å². The molecule has 2 aliphatic rings. The number of carbonyl (C=O) groups excluding carboxylic acids is 1. The fraction of sp³-hybridized carbons (Fsp3) is 0.109. The second kappa shape index (κ2) is 16.1. The molecule has 0 spiro atoms. The maximum atomic E-state index is 13.9. The summed E-state index contributed by atoms with van der Waals surface area (Å²) >= 11 is 0. The third-order valence-electron chi connectivity index (χ3n) is 11.9. The van der Waals surface area contributed by atoms with Crippen molar-refractivity contribution in [2.45, 2.75) is 26.2 Å². The number of carbonyl (C=O) groups is 1. The number of nitrogens with zero attached hydrogens (tertiary/aromatic N) is 3. The summed E-state index contributed by atoms with van der Waals surface area (Å²) in [6, 6.07) is 59.5. The van der Waals surface area contributed by atoms with Crippen molar-refractivity contribution in [1.82, 2.24) is 0 Å². The molecule has 294 valence electrons. The molecule has 0 aromatic heterocycles.